The van der Waals surface area contributed by atoms with Crippen molar-refractivity contribution in [1.82, 2.24) is 14.9 Å². The number of fused-ring (bicyclic) bond motifs is 3. The van der Waals surface area contributed by atoms with Crippen LogP contribution in [0.1, 0.15) is 28.8 Å². The van der Waals surface area contributed by atoms with Crippen LogP contribution in [0.25, 0.3) is 33.2 Å². The molecule has 0 atom stereocenters. The predicted molar refractivity (Wildman–Crippen MR) is 127 cm³/mol. The molecule has 0 spiro atoms. The van der Waals surface area contributed by atoms with Gasteiger partial charge < -0.3 is 20.9 Å². The molecule has 2 aromatic carbocycles. The number of aromatic amines is 1. The summed E-state index contributed by atoms with van der Waals surface area (Å²) < 4.78 is 13.2. The quantitative estimate of drug-likeness (QED) is 0.435. The number of nitrogens with two attached hydrogens (primary N) is 1. The molecule has 3 heterocycles. The smallest absolute Gasteiger partial charge is 0.250 e. The van der Waals surface area contributed by atoms with Crippen molar-refractivity contribution < 1.29 is 9.18 Å². The Morgan fingerprint density at radius 1 is 1.22 bits per heavy atom. The van der Waals surface area contributed by atoms with E-state index in [1.165, 1.54) is 0 Å². The lowest BCUT2D eigenvalue weighted by Gasteiger charge is -2.30. The molecule has 7 heteroatoms. The number of likely N-dealkylation sites (tertiary alicyclic amines) is 1. The van der Waals surface area contributed by atoms with Gasteiger partial charge in [0.05, 0.1) is 27.8 Å². The Bertz CT molecular complexity index is 1310. The van der Waals surface area contributed by atoms with Crippen LogP contribution in [0.5, 0.6) is 0 Å². The highest BCUT2D eigenvalue weighted by Crippen LogP contribution is 2.32. The summed E-state index contributed by atoms with van der Waals surface area (Å²) in [7, 11) is 2.15. The summed E-state index contributed by atoms with van der Waals surface area (Å²) >= 11 is 0. The normalized spacial score (nSPS) is 15.4. The number of H-pyrrole nitrogens is 1. The summed E-state index contributed by atoms with van der Waals surface area (Å²) in [5.74, 6) is -0.531. The van der Waals surface area contributed by atoms with E-state index in [1.54, 1.807) is 24.3 Å². The first-order valence-electron chi connectivity index (χ1n) is 10.9. The molecule has 1 saturated heterocycles. The van der Waals surface area contributed by atoms with Gasteiger partial charge in [-0.05, 0) is 68.9 Å². The number of carbonyl (C=O) groups is 1. The number of rotatable bonds is 5. The minimum Gasteiger partial charge on any atom is -0.382 e. The monoisotopic (exact) mass is 431 g/mol. The molecule has 0 bridgehead atoms. The Labute approximate surface area is 185 Å². The van der Waals surface area contributed by atoms with Gasteiger partial charge in [-0.2, -0.15) is 0 Å². The van der Waals surface area contributed by atoms with Crippen LogP contribution in [-0.2, 0) is 6.67 Å². The average molecular weight is 432 g/mol. The van der Waals surface area contributed by atoms with Gasteiger partial charge in [-0.3, -0.25) is 4.79 Å². The number of piperidine rings is 1. The second-order valence-electron chi connectivity index (χ2n) is 8.58. The van der Waals surface area contributed by atoms with Crippen molar-refractivity contribution in [3.05, 3.63) is 59.7 Å². The van der Waals surface area contributed by atoms with E-state index in [0.29, 0.717) is 33.9 Å². The number of hydrogen-bond acceptors (Lipinski definition) is 4. The Balaban J connectivity index is 1.58. The Morgan fingerprint density at radius 2 is 2.03 bits per heavy atom. The molecule has 1 amide bonds. The molecule has 4 N–H and O–H groups in total. The summed E-state index contributed by atoms with van der Waals surface area (Å²) in [6.45, 7) is 1.62. The molecule has 0 saturated carbocycles. The van der Waals surface area contributed by atoms with Crippen molar-refractivity contribution in [2.75, 3.05) is 25.5 Å². The molecular formula is C25H26FN5O. The van der Waals surface area contributed by atoms with Gasteiger partial charge in [-0.15, -0.1) is 0 Å². The molecule has 0 radical (unpaired) electrons. The number of primary amides is 1. The third-order valence-electron chi connectivity index (χ3n) is 6.29. The van der Waals surface area contributed by atoms with Crippen LogP contribution in [-0.4, -0.2) is 47.0 Å². The molecule has 0 aliphatic carbocycles. The van der Waals surface area contributed by atoms with E-state index in [1.807, 2.05) is 12.1 Å². The van der Waals surface area contributed by atoms with E-state index in [2.05, 4.69) is 34.4 Å². The molecular weight excluding hydrogens is 405 g/mol. The van der Waals surface area contributed by atoms with Gasteiger partial charge in [0.2, 0.25) is 0 Å². The van der Waals surface area contributed by atoms with Crippen molar-refractivity contribution in [3.8, 4) is 11.3 Å². The number of pyridine rings is 1. The SMILES string of the molecule is CN1CCC(Nc2ccc3c(c2)[nH]c2c(C(N)=O)cc(-c4cccc(CF)c4)nc23)CC1. The fourth-order valence-electron chi connectivity index (χ4n) is 4.49. The van der Waals surface area contributed by atoms with Gasteiger partial charge in [-0.25, -0.2) is 9.37 Å². The first kappa shape index (κ1) is 20.5. The topological polar surface area (TPSA) is 87.0 Å². The van der Waals surface area contributed by atoms with Gasteiger partial charge in [0.25, 0.3) is 5.91 Å². The summed E-state index contributed by atoms with van der Waals surface area (Å²) in [6.07, 6.45) is 2.21. The van der Waals surface area contributed by atoms with E-state index < -0.39 is 12.6 Å². The van der Waals surface area contributed by atoms with Crippen LogP contribution in [0.4, 0.5) is 10.1 Å². The van der Waals surface area contributed by atoms with Crippen LogP contribution in [0.3, 0.4) is 0 Å². The van der Waals surface area contributed by atoms with E-state index in [-0.39, 0.29) is 0 Å². The molecule has 1 fully saturated rings. The standard InChI is InChI=1S/C25H26FN5O/c1-31-9-7-17(8-10-31)28-18-5-6-19-22(12-18)30-24-20(25(27)32)13-21(29-23(19)24)16-4-2-3-15(11-16)14-26/h2-6,11-13,17,28,30H,7-10,14H2,1H3,(H2,27,32). The van der Waals surface area contributed by atoms with Gasteiger partial charge >= 0.3 is 0 Å². The minimum absolute atomic E-state index is 0.372. The minimum atomic E-state index is -0.557. The highest BCUT2D eigenvalue weighted by molar-refractivity contribution is 6.14. The fourth-order valence-corrected chi connectivity index (χ4v) is 4.49. The molecule has 2 aromatic heterocycles. The number of anilines is 1. The van der Waals surface area contributed by atoms with Crippen LogP contribution in [0.2, 0.25) is 0 Å². The van der Waals surface area contributed by atoms with Crippen LogP contribution >= 0.6 is 0 Å². The molecule has 0 unspecified atom stereocenters. The zero-order valence-electron chi connectivity index (χ0n) is 18.0. The molecule has 1 aliphatic heterocycles. The lowest BCUT2D eigenvalue weighted by molar-refractivity contribution is 0.100. The van der Waals surface area contributed by atoms with Gasteiger partial charge in [0.1, 0.15) is 6.67 Å². The van der Waals surface area contributed by atoms with Gasteiger partial charge in [0.15, 0.2) is 0 Å². The van der Waals surface area contributed by atoms with E-state index in [9.17, 15) is 9.18 Å². The van der Waals surface area contributed by atoms with Crippen molar-refractivity contribution in [3.63, 3.8) is 0 Å². The number of carbonyl (C=O) groups excluding carboxylic acids is 1. The third kappa shape index (κ3) is 3.80. The van der Waals surface area contributed by atoms with Crippen molar-refractivity contribution in [2.24, 2.45) is 5.73 Å². The number of nitrogens with one attached hydrogen (secondary N) is 2. The number of nitrogens with zero attached hydrogens (tertiary/aromatic N) is 2. The summed E-state index contributed by atoms with van der Waals surface area (Å²) in [5, 5.41) is 4.55. The Kier molecular flexibility index (Phi) is 5.27. The second-order valence-corrected chi connectivity index (χ2v) is 8.58. The third-order valence-corrected chi connectivity index (χ3v) is 6.29. The number of halogens is 1. The number of amides is 1. The summed E-state index contributed by atoms with van der Waals surface area (Å²) in [6, 6.07) is 15.4. The lowest BCUT2D eigenvalue weighted by Crippen LogP contribution is -2.36. The van der Waals surface area contributed by atoms with Crippen molar-refractivity contribution in [1.29, 1.82) is 0 Å². The zero-order valence-corrected chi connectivity index (χ0v) is 18.0. The van der Waals surface area contributed by atoms with Gasteiger partial charge in [-0.1, -0.05) is 18.2 Å². The average Bonchev–Trinajstić information content (AvgIpc) is 3.17. The van der Waals surface area contributed by atoms with Crippen molar-refractivity contribution in [2.45, 2.75) is 25.6 Å². The number of aromatic nitrogens is 2. The van der Waals surface area contributed by atoms with E-state index in [4.69, 9.17) is 10.7 Å². The summed E-state index contributed by atoms with van der Waals surface area (Å²) in [5.41, 5.74) is 11.2. The highest BCUT2D eigenvalue weighted by atomic mass is 19.1. The molecule has 5 rings (SSSR count). The van der Waals surface area contributed by atoms with Crippen LogP contribution in [0.15, 0.2) is 48.5 Å². The molecule has 32 heavy (non-hydrogen) atoms. The number of hydrogen-bond donors (Lipinski definition) is 3. The Morgan fingerprint density at radius 3 is 2.78 bits per heavy atom. The Hall–Kier alpha value is -3.45. The van der Waals surface area contributed by atoms with Crippen LogP contribution < -0.4 is 11.1 Å². The maximum atomic E-state index is 13.2. The molecule has 6 nitrogen and oxygen atoms in total. The zero-order chi connectivity index (χ0) is 22.2. The molecule has 1 aliphatic rings. The molecule has 164 valence electrons. The largest absolute Gasteiger partial charge is 0.382 e. The molecule has 4 aromatic rings. The predicted octanol–water partition coefficient (Wildman–Crippen LogP) is 4.46. The van der Waals surface area contributed by atoms with E-state index >= 15 is 0 Å². The maximum Gasteiger partial charge on any atom is 0.250 e. The van der Waals surface area contributed by atoms with Crippen LogP contribution in [0, 0.1) is 0 Å². The first-order chi connectivity index (χ1) is 15.5. The summed E-state index contributed by atoms with van der Waals surface area (Å²) in [4.78, 5) is 22.8. The number of alkyl halides is 1. The van der Waals surface area contributed by atoms with E-state index in [0.717, 1.165) is 48.1 Å². The fraction of sp³-hybridized carbons (Fsp3) is 0.280. The first-order valence-corrected chi connectivity index (χ1v) is 10.9. The lowest BCUT2D eigenvalue weighted by atomic mass is 10.0. The highest BCUT2D eigenvalue weighted by Gasteiger charge is 2.19. The van der Waals surface area contributed by atoms with Crippen molar-refractivity contribution >= 4 is 33.5 Å². The second kappa shape index (κ2) is 8.24. The van der Waals surface area contributed by atoms with Gasteiger partial charge in [0, 0.05) is 22.7 Å². The number of benzene rings is 2. The maximum absolute atomic E-state index is 13.2.